The van der Waals surface area contributed by atoms with Gasteiger partial charge in [-0.05, 0) is 32.1 Å². The summed E-state index contributed by atoms with van der Waals surface area (Å²) in [5.74, 6) is 0.221. The molecule has 0 bridgehead atoms. The normalized spacial score (nSPS) is 11.0. The van der Waals surface area contributed by atoms with Crippen molar-refractivity contribution in [2.24, 2.45) is 0 Å². The van der Waals surface area contributed by atoms with Crippen molar-refractivity contribution < 1.29 is 4.42 Å². The molecule has 0 radical (unpaired) electrons. The van der Waals surface area contributed by atoms with Crippen molar-refractivity contribution in [2.45, 2.75) is 39.9 Å². The second-order valence-corrected chi connectivity index (χ2v) is 5.30. The van der Waals surface area contributed by atoms with Crippen molar-refractivity contribution in [3.63, 3.8) is 0 Å². The molecular weight excluding hydrogens is 306 g/mol. The molecule has 0 atom stereocenters. The first-order valence-electron chi connectivity index (χ1n) is 7.09. The van der Waals surface area contributed by atoms with E-state index in [0.717, 1.165) is 24.0 Å². The third-order valence-corrected chi connectivity index (χ3v) is 3.36. The van der Waals surface area contributed by atoms with Crippen molar-refractivity contribution in [3.05, 3.63) is 43.3 Å². The first-order chi connectivity index (χ1) is 10.5. The van der Waals surface area contributed by atoms with Crippen LogP contribution in [0.25, 0.3) is 0 Å². The predicted molar refractivity (Wildman–Crippen MR) is 83.4 cm³/mol. The van der Waals surface area contributed by atoms with Crippen LogP contribution in [0.1, 0.15) is 31.4 Å². The van der Waals surface area contributed by atoms with Gasteiger partial charge in [-0.25, -0.2) is 9.48 Å². The lowest BCUT2D eigenvalue weighted by Gasteiger charge is -2.02. The van der Waals surface area contributed by atoms with Gasteiger partial charge in [0.25, 0.3) is 10.4 Å². The Balaban J connectivity index is 2.13. The standard InChI is InChI=1S/C13H19N5O3S/c1-3-4-5-14-8-18-13(22)21-10(16-18)7-17-11(19)6-9(2)15-12(17)20/h6,14H,3-5,7-8H2,1-2H3,(H,15,20). The van der Waals surface area contributed by atoms with Gasteiger partial charge in [0.15, 0.2) is 0 Å². The third kappa shape index (κ3) is 4.01. The zero-order valence-corrected chi connectivity index (χ0v) is 13.4. The summed E-state index contributed by atoms with van der Waals surface area (Å²) in [5.41, 5.74) is -0.391. The lowest BCUT2D eigenvalue weighted by atomic mass is 10.3. The molecule has 22 heavy (non-hydrogen) atoms. The fourth-order valence-corrected chi connectivity index (χ4v) is 2.12. The van der Waals surface area contributed by atoms with Crippen LogP contribution in [0, 0.1) is 11.8 Å². The van der Waals surface area contributed by atoms with E-state index in [2.05, 4.69) is 22.3 Å². The summed E-state index contributed by atoms with van der Waals surface area (Å²) in [5, 5.41) is 7.37. The Labute approximate surface area is 131 Å². The molecule has 0 aliphatic heterocycles. The molecule has 120 valence electrons. The highest BCUT2D eigenvalue weighted by atomic mass is 32.1. The SMILES string of the molecule is CCCCNCn1nc(Cn2c(=O)cc(C)[nH]c2=O)oc1=S. The zero-order valence-electron chi connectivity index (χ0n) is 12.6. The Morgan fingerprint density at radius 3 is 2.91 bits per heavy atom. The van der Waals surface area contributed by atoms with Gasteiger partial charge in [-0.3, -0.25) is 14.7 Å². The van der Waals surface area contributed by atoms with E-state index in [1.54, 1.807) is 6.92 Å². The van der Waals surface area contributed by atoms with Gasteiger partial charge in [0, 0.05) is 11.8 Å². The van der Waals surface area contributed by atoms with Crippen LogP contribution in [0.2, 0.25) is 0 Å². The minimum atomic E-state index is -0.498. The van der Waals surface area contributed by atoms with Gasteiger partial charge < -0.3 is 9.40 Å². The number of hydrogen-bond donors (Lipinski definition) is 2. The number of hydrogen-bond acceptors (Lipinski definition) is 6. The van der Waals surface area contributed by atoms with Gasteiger partial charge in [0.2, 0.25) is 5.89 Å². The highest BCUT2D eigenvalue weighted by Crippen LogP contribution is 2.00. The highest BCUT2D eigenvalue weighted by Gasteiger charge is 2.10. The number of aromatic amines is 1. The van der Waals surface area contributed by atoms with Crippen molar-refractivity contribution in [1.82, 2.24) is 24.6 Å². The Hall–Kier alpha value is -2.00. The summed E-state index contributed by atoms with van der Waals surface area (Å²) in [4.78, 5) is 26.4. The van der Waals surface area contributed by atoms with E-state index < -0.39 is 11.2 Å². The smallest absolute Gasteiger partial charge is 0.329 e. The van der Waals surface area contributed by atoms with Gasteiger partial charge in [-0.15, -0.1) is 5.10 Å². The van der Waals surface area contributed by atoms with Crippen molar-refractivity contribution in [2.75, 3.05) is 6.54 Å². The first-order valence-corrected chi connectivity index (χ1v) is 7.50. The van der Waals surface area contributed by atoms with E-state index in [4.69, 9.17) is 16.6 Å². The molecule has 0 spiro atoms. The van der Waals surface area contributed by atoms with Gasteiger partial charge in [0.05, 0.1) is 6.67 Å². The van der Waals surface area contributed by atoms with Crippen molar-refractivity contribution in [3.8, 4) is 0 Å². The molecule has 8 nitrogen and oxygen atoms in total. The number of unbranched alkanes of at least 4 members (excludes halogenated alkanes) is 1. The largest absolute Gasteiger partial charge is 0.412 e. The molecular formula is C13H19N5O3S. The fraction of sp³-hybridized carbons (Fsp3) is 0.538. The number of H-pyrrole nitrogens is 1. The molecule has 0 amide bonds. The number of aromatic nitrogens is 4. The summed E-state index contributed by atoms with van der Waals surface area (Å²) in [6.07, 6.45) is 2.16. The molecule has 2 heterocycles. The number of nitrogens with one attached hydrogen (secondary N) is 2. The van der Waals surface area contributed by atoms with Crippen LogP contribution in [0.5, 0.6) is 0 Å². The van der Waals surface area contributed by atoms with E-state index in [9.17, 15) is 9.59 Å². The Kier molecular flexibility index (Phi) is 5.45. The molecule has 0 saturated carbocycles. The molecule has 2 aromatic rings. The maximum absolute atomic E-state index is 11.8. The monoisotopic (exact) mass is 325 g/mol. The average molecular weight is 325 g/mol. The average Bonchev–Trinajstić information content (AvgIpc) is 2.79. The Bertz CT molecular complexity index is 770. The van der Waals surface area contributed by atoms with Crippen LogP contribution in [0.4, 0.5) is 0 Å². The van der Waals surface area contributed by atoms with Gasteiger partial charge in [-0.2, -0.15) is 0 Å². The van der Waals surface area contributed by atoms with E-state index in [0.29, 0.717) is 12.4 Å². The maximum atomic E-state index is 11.8. The summed E-state index contributed by atoms with van der Waals surface area (Å²) >= 11 is 5.07. The summed E-state index contributed by atoms with van der Waals surface area (Å²) < 4.78 is 7.84. The third-order valence-electron chi connectivity index (χ3n) is 3.07. The fourth-order valence-electron chi connectivity index (χ4n) is 1.92. The molecule has 2 aromatic heterocycles. The molecule has 0 aliphatic carbocycles. The van der Waals surface area contributed by atoms with Gasteiger partial charge in [0.1, 0.15) is 6.54 Å². The molecule has 0 fully saturated rings. The first kappa shape index (κ1) is 16.4. The van der Waals surface area contributed by atoms with E-state index in [1.165, 1.54) is 10.7 Å². The molecule has 0 aliphatic rings. The quantitative estimate of drug-likeness (QED) is 0.576. The number of nitrogens with zero attached hydrogens (tertiary/aromatic N) is 3. The maximum Gasteiger partial charge on any atom is 0.329 e. The summed E-state index contributed by atoms with van der Waals surface area (Å²) in [6.45, 7) is 4.99. The molecule has 0 unspecified atom stereocenters. The second kappa shape index (κ2) is 7.32. The molecule has 2 rings (SSSR count). The van der Waals surface area contributed by atoms with Crippen molar-refractivity contribution in [1.29, 1.82) is 0 Å². The Morgan fingerprint density at radius 2 is 2.23 bits per heavy atom. The van der Waals surface area contributed by atoms with E-state index in [1.807, 2.05) is 0 Å². The number of rotatable bonds is 7. The molecule has 0 saturated heterocycles. The second-order valence-electron chi connectivity index (χ2n) is 4.95. The predicted octanol–water partition coefficient (Wildman–Crippen LogP) is 0.760. The summed E-state index contributed by atoms with van der Waals surface area (Å²) in [6, 6.07) is 1.35. The van der Waals surface area contributed by atoms with E-state index >= 15 is 0 Å². The lowest BCUT2D eigenvalue weighted by Crippen LogP contribution is -2.35. The summed E-state index contributed by atoms with van der Waals surface area (Å²) in [7, 11) is 0. The van der Waals surface area contributed by atoms with Crippen molar-refractivity contribution >= 4 is 12.2 Å². The number of aryl methyl sites for hydroxylation is 1. The minimum Gasteiger partial charge on any atom is -0.412 e. The zero-order chi connectivity index (χ0) is 16.1. The molecule has 0 aromatic carbocycles. The Morgan fingerprint density at radius 1 is 1.45 bits per heavy atom. The van der Waals surface area contributed by atoms with Crippen LogP contribution < -0.4 is 16.6 Å². The minimum absolute atomic E-state index is 0.0555. The lowest BCUT2D eigenvalue weighted by molar-refractivity contribution is 0.442. The van der Waals surface area contributed by atoms with Gasteiger partial charge in [-0.1, -0.05) is 13.3 Å². The van der Waals surface area contributed by atoms with Crippen LogP contribution in [0.3, 0.4) is 0 Å². The van der Waals surface area contributed by atoms with Crippen LogP contribution in [-0.2, 0) is 13.2 Å². The molecule has 9 heteroatoms. The topological polar surface area (TPSA) is 97.9 Å². The molecule has 2 N–H and O–H groups in total. The van der Waals surface area contributed by atoms with Gasteiger partial charge >= 0.3 is 5.69 Å². The highest BCUT2D eigenvalue weighted by molar-refractivity contribution is 7.71. The van der Waals surface area contributed by atoms with E-state index in [-0.39, 0.29) is 17.3 Å². The van der Waals surface area contributed by atoms with Crippen LogP contribution in [-0.4, -0.2) is 25.9 Å². The van der Waals surface area contributed by atoms with Crippen LogP contribution in [0.15, 0.2) is 20.1 Å². The van der Waals surface area contributed by atoms with Crippen LogP contribution >= 0.6 is 12.2 Å².